The summed E-state index contributed by atoms with van der Waals surface area (Å²) in [6.07, 6.45) is 2.12. The average molecular weight is 409 g/mol. The van der Waals surface area contributed by atoms with Crippen LogP contribution in [0.2, 0.25) is 0 Å². The maximum absolute atomic E-state index is 8.94. The second-order valence-corrected chi connectivity index (χ2v) is 6.58. The summed E-state index contributed by atoms with van der Waals surface area (Å²) in [5.74, 6) is 6.65. The van der Waals surface area contributed by atoms with Crippen molar-refractivity contribution in [2.24, 2.45) is 5.84 Å². The predicted octanol–water partition coefficient (Wildman–Crippen LogP) is 4.03. The van der Waals surface area contributed by atoms with E-state index in [4.69, 9.17) is 14.3 Å². The summed E-state index contributed by atoms with van der Waals surface area (Å²) in [6.45, 7) is 6.65. The van der Waals surface area contributed by atoms with Crippen LogP contribution in [0.15, 0.2) is 54.7 Å². The largest absolute Gasteiger partial charge is 0.489 e. The number of hydrogen-bond acceptors (Lipinski definition) is 6. The van der Waals surface area contributed by atoms with E-state index < -0.39 is 0 Å². The van der Waals surface area contributed by atoms with Crippen molar-refractivity contribution in [3.63, 3.8) is 0 Å². The topological polar surface area (TPSA) is 98.5 Å². The van der Waals surface area contributed by atoms with E-state index in [2.05, 4.69) is 35.2 Å². The summed E-state index contributed by atoms with van der Waals surface area (Å²) in [6, 6.07) is 15.8. The summed E-state index contributed by atoms with van der Waals surface area (Å²) in [7, 11) is 1.93. The van der Waals surface area contributed by atoms with E-state index in [-0.39, 0.29) is 0 Å². The van der Waals surface area contributed by atoms with E-state index in [1.807, 2.05) is 57.3 Å². The minimum atomic E-state index is 0.403. The van der Waals surface area contributed by atoms with E-state index in [1.54, 1.807) is 11.6 Å². The number of rotatable bonds is 7. The molecule has 3 aromatic rings. The zero-order valence-corrected chi connectivity index (χ0v) is 17.7. The second-order valence-electron chi connectivity index (χ2n) is 6.58. The number of nitrogens with one attached hydrogen (secondary N) is 2. The van der Waals surface area contributed by atoms with Crippen LogP contribution in [0, 0.1) is 20.8 Å². The predicted molar refractivity (Wildman–Crippen MR) is 119 cm³/mol. The zero-order chi connectivity index (χ0) is 21.9. The Hall–Kier alpha value is -3.58. The lowest BCUT2D eigenvalue weighted by Gasteiger charge is -2.16. The van der Waals surface area contributed by atoms with Gasteiger partial charge >= 0.3 is 0 Å². The first-order valence-electron chi connectivity index (χ1n) is 9.49. The Kier molecular flexibility index (Phi) is 8.65. The lowest BCUT2D eigenvalue weighted by molar-refractivity contribution is -0.109. The first-order chi connectivity index (χ1) is 14.5. The molecule has 1 aromatic heterocycles. The van der Waals surface area contributed by atoms with Crippen molar-refractivity contribution < 1.29 is 14.3 Å². The number of carbonyl (C=O) groups is 1. The summed E-state index contributed by atoms with van der Waals surface area (Å²) < 4.78 is 12.0. The molecule has 1 amide bonds. The van der Waals surface area contributed by atoms with E-state index in [1.165, 1.54) is 11.1 Å². The standard InChI is InChI=1S/C22H24N2O2.CH4N2O/c1-15-8-7-9-19(23-4)18(15)14-25-20-12-17(3)21(13-16(20)2)26-22-10-5-6-11-24-22;2-3-1-4/h5-13,23H,14H2,1-4H3;1H,2H2,(H,3,4). The van der Waals surface area contributed by atoms with E-state index >= 15 is 0 Å². The Morgan fingerprint density at radius 1 is 1.00 bits per heavy atom. The van der Waals surface area contributed by atoms with Gasteiger partial charge in [-0.05, 0) is 61.7 Å². The fraction of sp³-hybridized carbons (Fsp3) is 0.217. The molecule has 0 aliphatic rings. The number of hydrazine groups is 1. The first kappa shape index (κ1) is 22.7. The van der Waals surface area contributed by atoms with Gasteiger partial charge in [-0.2, -0.15) is 0 Å². The Bertz CT molecular complexity index is 962. The Balaban J connectivity index is 0.000000735. The van der Waals surface area contributed by atoms with E-state index in [0.29, 0.717) is 18.9 Å². The normalized spacial score (nSPS) is 9.77. The number of aromatic nitrogens is 1. The maximum atomic E-state index is 8.94. The highest BCUT2D eigenvalue weighted by Gasteiger charge is 2.10. The number of amides is 1. The van der Waals surface area contributed by atoms with Gasteiger partial charge in [0.2, 0.25) is 12.3 Å². The van der Waals surface area contributed by atoms with Crippen molar-refractivity contribution in [1.82, 2.24) is 10.4 Å². The number of carbonyl (C=O) groups excluding carboxylic acids is 1. The number of ether oxygens (including phenoxy) is 2. The molecule has 7 nitrogen and oxygen atoms in total. The molecule has 0 unspecified atom stereocenters. The summed E-state index contributed by atoms with van der Waals surface area (Å²) in [5, 5.41) is 3.23. The molecule has 0 radical (unpaired) electrons. The van der Waals surface area contributed by atoms with Gasteiger partial charge in [-0.1, -0.05) is 18.2 Å². The smallest absolute Gasteiger partial charge is 0.221 e. The molecule has 1 heterocycles. The third kappa shape index (κ3) is 6.22. The van der Waals surface area contributed by atoms with Crippen LogP contribution in [0.25, 0.3) is 0 Å². The van der Waals surface area contributed by atoms with Gasteiger partial charge in [-0.25, -0.2) is 10.8 Å². The van der Waals surface area contributed by atoms with Crippen molar-refractivity contribution in [1.29, 1.82) is 0 Å². The molecule has 0 fully saturated rings. The lowest BCUT2D eigenvalue weighted by atomic mass is 10.1. The van der Waals surface area contributed by atoms with Gasteiger partial charge in [-0.3, -0.25) is 10.2 Å². The highest BCUT2D eigenvalue weighted by Crippen LogP contribution is 2.31. The molecule has 30 heavy (non-hydrogen) atoms. The van der Waals surface area contributed by atoms with Crippen LogP contribution in [0.4, 0.5) is 5.69 Å². The van der Waals surface area contributed by atoms with Crippen LogP contribution < -0.4 is 26.1 Å². The lowest BCUT2D eigenvalue weighted by Crippen LogP contribution is -2.18. The van der Waals surface area contributed by atoms with E-state index in [0.717, 1.165) is 28.3 Å². The second kappa shape index (κ2) is 11.4. The fourth-order valence-corrected chi connectivity index (χ4v) is 2.83. The minimum Gasteiger partial charge on any atom is -0.489 e. The van der Waals surface area contributed by atoms with Crippen molar-refractivity contribution in [2.45, 2.75) is 27.4 Å². The van der Waals surface area contributed by atoms with E-state index in [9.17, 15) is 0 Å². The van der Waals surface area contributed by atoms with Gasteiger partial charge in [0.15, 0.2) is 0 Å². The van der Waals surface area contributed by atoms with Gasteiger partial charge < -0.3 is 14.8 Å². The number of nitrogens with two attached hydrogens (primary N) is 1. The van der Waals surface area contributed by atoms with Crippen LogP contribution >= 0.6 is 0 Å². The molecule has 0 saturated carbocycles. The number of aryl methyl sites for hydroxylation is 3. The highest BCUT2D eigenvalue weighted by molar-refractivity contribution is 5.54. The Morgan fingerprint density at radius 3 is 2.33 bits per heavy atom. The molecule has 0 atom stereocenters. The molecule has 7 heteroatoms. The molecule has 4 N–H and O–H groups in total. The third-order valence-corrected chi connectivity index (χ3v) is 4.44. The minimum absolute atomic E-state index is 0.403. The SMILES string of the molecule is CNc1cccc(C)c1COc1cc(C)c(Oc2ccccn2)cc1C.NNC=O. The summed E-state index contributed by atoms with van der Waals surface area (Å²) in [4.78, 5) is 13.1. The zero-order valence-electron chi connectivity index (χ0n) is 17.7. The molecule has 2 aromatic carbocycles. The highest BCUT2D eigenvalue weighted by atomic mass is 16.5. The molecule has 0 spiro atoms. The summed E-state index contributed by atoms with van der Waals surface area (Å²) >= 11 is 0. The number of pyridine rings is 1. The van der Waals surface area contributed by atoms with Crippen LogP contribution in [0.1, 0.15) is 22.3 Å². The Labute approximate surface area is 177 Å². The van der Waals surface area contributed by atoms with Crippen LogP contribution in [-0.2, 0) is 11.4 Å². The van der Waals surface area contributed by atoms with Gasteiger partial charge in [0.05, 0.1) is 0 Å². The van der Waals surface area contributed by atoms with Crippen LogP contribution in [0.5, 0.6) is 17.4 Å². The number of anilines is 1. The van der Waals surface area contributed by atoms with Crippen molar-refractivity contribution in [3.05, 3.63) is 77.0 Å². The molecule has 158 valence electrons. The molecule has 0 aliphatic heterocycles. The average Bonchev–Trinajstić information content (AvgIpc) is 2.76. The first-order valence-corrected chi connectivity index (χ1v) is 9.49. The molecular weight excluding hydrogens is 380 g/mol. The molecule has 3 rings (SSSR count). The molecule has 0 saturated heterocycles. The van der Waals surface area contributed by atoms with Crippen molar-refractivity contribution in [3.8, 4) is 17.4 Å². The monoisotopic (exact) mass is 408 g/mol. The van der Waals surface area contributed by atoms with Gasteiger partial charge in [0, 0.05) is 30.6 Å². The van der Waals surface area contributed by atoms with Gasteiger partial charge in [-0.15, -0.1) is 0 Å². The molecule has 0 bridgehead atoms. The molecular formula is C23H28N4O3. The van der Waals surface area contributed by atoms with Crippen molar-refractivity contribution in [2.75, 3.05) is 12.4 Å². The number of nitrogens with zero attached hydrogens (tertiary/aromatic N) is 1. The van der Waals surface area contributed by atoms with Crippen molar-refractivity contribution >= 4 is 12.1 Å². The summed E-state index contributed by atoms with van der Waals surface area (Å²) in [5.41, 5.74) is 7.26. The Morgan fingerprint density at radius 2 is 1.70 bits per heavy atom. The van der Waals surface area contributed by atoms with Gasteiger partial charge in [0.25, 0.3) is 0 Å². The molecule has 0 aliphatic carbocycles. The fourth-order valence-electron chi connectivity index (χ4n) is 2.83. The van der Waals surface area contributed by atoms with Crippen LogP contribution in [-0.4, -0.2) is 18.4 Å². The third-order valence-electron chi connectivity index (χ3n) is 4.44. The van der Waals surface area contributed by atoms with Gasteiger partial charge in [0.1, 0.15) is 18.1 Å². The quantitative estimate of drug-likeness (QED) is 0.236. The number of hydrogen-bond donors (Lipinski definition) is 3. The van der Waals surface area contributed by atoms with Crippen LogP contribution in [0.3, 0.4) is 0 Å². The maximum Gasteiger partial charge on any atom is 0.221 e. The number of benzene rings is 2.